The summed E-state index contributed by atoms with van der Waals surface area (Å²) in [5, 5.41) is 10.7. The second kappa shape index (κ2) is 5.40. The van der Waals surface area contributed by atoms with Crippen molar-refractivity contribution in [3.63, 3.8) is 0 Å². The Labute approximate surface area is 112 Å². The molecular formula is C14H15NO3S. The zero-order chi connectivity index (χ0) is 13.9. The van der Waals surface area contributed by atoms with Crippen molar-refractivity contribution in [1.82, 2.24) is 0 Å². The number of nitrogens with zero attached hydrogens (tertiary/aromatic N) is 1. The van der Waals surface area contributed by atoms with E-state index in [1.807, 2.05) is 30.3 Å². The number of rotatable bonds is 4. The molecule has 0 saturated heterocycles. The van der Waals surface area contributed by atoms with E-state index in [4.69, 9.17) is 0 Å². The van der Waals surface area contributed by atoms with Crippen molar-refractivity contribution < 1.29 is 13.1 Å². The summed E-state index contributed by atoms with van der Waals surface area (Å²) in [4.78, 5) is 0. The molecule has 5 heteroatoms. The quantitative estimate of drug-likeness (QED) is 0.631. The van der Waals surface area contributed by atoms with Crippen molar-refractivity contribution in [2.75, 3.05) is 0 Å². The van der Waals surface area contributed by atoms with Crippen molar-refractivity contribution in [1.29, 1.82) is 0 Å². The average molecular weight is 277 g/mol. The van der Waals surface area contributed by atoms with Crippen LogP contribution in [-0.2, 0) is 16.3 Å². The summed E-state index contributed by atoms with van der Waals surface area (Å²) >= 11 is 0. The zero-order valence-corrected chi connectivity index (χ0v) is 11.4. The minimum atomic E-state index is -3.62. The third-order valence-electron chi connectivity index (χ3n) is 2.98. The van der Waals surface area contributed by atoms with Gasteiger partial charge in [0, 0.05) is 12.1 Å². The molecule has 0 fully saturated rings. The minimum absolute atomic E-state index is 0.196. The van der Waals surface area contributed by atoms with E-state index < -0.39 is 15.1 Å². The van der Waals surface area contributed by atoms with Crippen LogP contribution in [0.1, 0.15) is 12.5 Å². The molecule has 4 nitrogen and oxygen atoms in total. The number of hydrogen-bond acceptors (Lipinski definition) is 3. The smallest absolute Gasteiger partial charge is 0.308 e. The van der Waals surface area contributed by atoms with Crippen LogP contribution in [0, 0.1) is 5.21 Å². The maximum absolute atomic E-state index is 12.3. The van der Waals surface area contributed by atoms with E-state index >= 15 is 0 Å². The van der Waals surface area contributed by atoms with Gasteiger partial charge in [-0.15, -0.1) is 0 Å². The lowest BCUT2D eigenvalue weighted by molar-refractivity contribution is -0.646. The van der Waals surface area contributed by atoms with Gasteiger partial charge in [0.15, 0.2) is 6.20 Å². The van der Waals surface area contributed by atoms with Gasteiger partial charge in [-0.05, 0) is 25.0 Å². The molecule has 1 aromatic heterocycles. The first-order chi connectivity index (χ1) is 9.01. The standard InChI is InChI=1S/C14H15NO3S/c1-12(11-13-7-3-2-4-8-13)19(17,18)14-9-5-6-10-15(14)16/h2-10,12H,11H2,1H3. The fourth-order valence-corrected chi connectivity index (χ4v) is 3.30. The second-order valence-corrected chi connectivity index (χ2v) is 6.72. The molecule has 1 unspecified atom stereocenters. The maximum Gasteiger partial charge on any atom is 0.308 e. The van der Waals surface area contributed by atoms with Crippen LogP contribution < -0.4 is 4.73 Å². The van der Waals surface area contributed by atoms with Crippen LogP contribution in [0.15, 0.2) is 59.8 Å². The molecule has 0 aliphatic rings. The minimum Gasteiger partial charge on any atom is -0.618 e. The van der Waals surface area contributed by atoms with E-state index in [1.54, 1.807) is 13.0 Å². The summed E-state index contributed by atoms with van der Waals surface area (Å²) in [6.07, 6.45) is 1.58. The fourth-order valence-electron chi connectivity index (χ4n) is 1.89. The van der Waals surface area contributed by atoms with Gasteiger partial charge in [0.1, 0.15) is 0 Å². The first-order valence-electron chi connectivity index (χ1n) is 5.98. The summed E-state index contributed by atoms with van der Waals surface area (Å²) in [6.45, 7) is 1.62. The van der Waals surface area contributed by atoms with Gasteiger partial charge in [-0.1, -0.05) is 30.3 Å². The molecule has 0 aliphatic carbocycles. The summed E-state index contributed by atoms with van der Waals surface area (Å²) in [7, 11) is -3.62. The molecule has 100 valence electrons. The Morgan fingerprint density at radius 1 is 1.11 bits per heavy atom. The van der Waals surface area contributed by atoms with Crippen molar-refractivity contribution in [3.8, 4) is 0 Å². The summed E-state index contributed by atoms with van der Waals surface area (Å²) in [5.41, 5.74) is 0.937. The summed E-state index contributed by atoms with van der Waals surface area (Å²) < 4.78 is 25.1. The van der Waals surface area contributed by atoms with E-state index in [9.17, 15) is 13.6 Å². The number of aromatic nitrogens is 1. The van der Waals surface area contributed by atoms with Gasteiger partial charge < -0.3 is 5.21 Å². The fraction of sp³-hybridized carbons (Fsp3) is 0.214. The van der Waals surface area contributed by atoms with Gasteiger partial charge in [0.05, 0.1) is 5.25 Å². The monoisotopic (exact) mass is 277 g/mol. The largest absolute Gasteiger partial charge is 0.618 e. The van der Waals surface area contributed by atoms with Crippen LogP contribution in [0.2, 0.25) is 0 Å². The molecule has 0 aliphatic heterocycles. The van der Waals surface area contributed by atoms with Crippen molar-refractivity contribution in [2.45, 2.75) is 23.6 Å². The second-order valence-electron chi connectivity index (χ2n) is 4.41. The SMILES string of the molecule is CC(Cc1ccccc1)S(=O)(=O)c1cccc[n+]1[O-]. The third-order valence-corrected chi connectivity index (χ3v) is 5.10. The molecule has 0 amide bonds. The lowest BCUT2D eigenvalue weighted by Gasteiger charge is -2.12. The van der Waals surface area contributed by atoms with Gasteiger partial charge in [0.25, 0.3) is 0 Å². The highest BCUT2D eigenvalue weighted by Crippen LogP contribution is 2.16. The van der Waals surface area contributed by atoms with Crippen LogP contribution in [0.5, 0.6) is 0 Å². The van der Waals surface area contributed by atoms with Crippen LogP contribution in [-0.4, -0.2) is 13.7 Å². The van der Waals surface area contributed by atoms with E-state index in [0.717, 1.165) is 5.56 Å². The van der Waals surface area contributed by atoms with E-state index in [2.05, 4.69) is 0 Å². The molecule has 1 atom stereocenters. The van der Waals surface area contributed by atoms with Crippen molar-refractivity contribution >= 4 is 9.84 Å². The highest BCUT2D eigenvalue weighted by atomic mass is 32.2. The first-order valence-corrected chi connectivity index (χ1v) is 7.52. The van der Waals surface area contributed by atoms with Crippen LogP contribution in [0.3, 0.4) is 0 Å². The van der Waals surface area contributed by atoms with E-state index in [-0.39, 0.29) is 5.03 Å². The summed E-state index contributed by atoms with van der Waals surface area (Å²) in [5.74, 6) is 0. The predicted octanol–water partition coefficient (Wildman–Crippen LogP) is 1.72. The first kappa shape index (κ1) is 13.5. The van der Waals surface area contributed by atoms with Gasteiger partial charge in [-0.25, -0.2) is 8.42 Å². The molecule has 1 heterocycles. The van der Waals surface area contributed by atoms with Crippen LogP contribution in [0.4, 0.5) is 0 Å². The Balaban J connectivity index is 2.28. The molecule has 0 saturated carbocycles. The molecule has 19 heavy (non-hydrogen) atoms. The number of sulfone groups is 1. The van der Waals surface area contributed by atoms with Gasteiger partial charge in [-0.3, -0.25) is 0 Å². The highest BCUT2D eigenvalue weighted by Gasteiger charge is 2.30. The van der Waals surface area contributed by atoms with Crippen LogP contribution >= 0.6 is 0 Å². The topological polar surface area (TPSA) is 61.1 Å². The van der Waals surface area contributed by atoms with Crippen molar-refractivity contribution in [3.05, 3.63) is 65.5 Å². The maximum atomic E-state index is 12.3. The van der Waals surface area contributed by atoms with E-state index in [0.29, 0.717) is 11.2 Å². The number of pyridine rings is 1. The van der Waals surface area contributed by atoms with Gasteiger partial charge >= 0.3 is 5.03 Å². The van der Waals surface area contributed by atoms with Gasteiger partial charge in [-0.2, -0.15) is 4.73 Å². The Kier molecular flexibility index (Phi) is 3.85. The lowest BCUT2D eigenvalue weighted by atomic mass is 10.1. The lowest BCUT2D eigenvalue weighted by Crippen LogP contribution is -2.37. The zero-order valence-electron chi connectivity index (χ0n) is 10.6. The Bertz CT molecular complexity index is 653. The molecule has 0 N–H and O–H groups in total. The normalized spacial score (nSPS) is 13.1. The summed E-state index contributed by atoms with van der Waals surface area (Å²) in [6, 6.07) is 13.8. The average Bonchev–Trinajstić information content (AvgIpc) is 2.40. The molecule has 2 rings (SSSR count). The third kappa shape index (κ3) is 2.93. The molecular weight excluding hydrogens is 262 g/mol. The Morgan fingerprint density at radius 2 is 1.74 bits per heavy atom. The number of hydrogen-bond donors (Lipinski definition) is 0. The number of benzene rings is 1. The highest BCUT2D eigenvalue weighted by molar-refractivity contribution is 7.91. The molecule has 0 bridgehead atoms. The molecule has 1 aromatic carbocycles. The predicted molar refractivity (Wildman–Crippen MR) is 72.2 cm³/mol. The van der Waals surface area contributed by atoms with Crippen molar-refractivity contribution in [2.24, 2.45) is 0 Å². The molecule has 0 radical (unpaired) electrons. The molecule has 0 spiro atoms. The Morgan fingerprint density at radius 3 is 2.37 bits per heavy atom. The Hall–Kier alpha value is -1.88. The van der Waals surface area contributed by atoms with Gasteiger partial charge in [0.2, 0.25) is 9.84 Å². The van der Waals surface area contributed by atoms with E-state index in [1.165, 1.54) is 18.3 Å². The molecule has 2 aromatic rings. The van der Waals surface area contributed by atoms with Crippen LogP contribution in [0.25, 0.3) is 0 Å².